The van der Waals surface area contributed by atoms with E-state index in [1.54, 1.807) is 26.7 Å². The molecule has 0 aliphatic rings. The highest BCUT2D eigenvalue weighted by atomic mass is 79.9. The quantitative estimate of drug-likeness (QED) is 0.249. The van der Waals surface area contributed by atoms with Crippen LogP contribution >= 0.6 is 60.4 Å². The summed E-state index contributed by atoms with van der Waals surface area (Å²) < 4.78 is 21.8. The van der Waals surface area contributed by atoms with Crippen LogP contribution in [0, 0.1) is 3.82 Å². The standard InChI is InChI=1S/C16H10BrClO2S4/c17-11-4-2-10(3-5-11)14-15(22-23-16(14)21)12-6-1-9(7-13(12)18)8-24(19)20/h1-7H,8H2,(H,19,20). The summed E-state index contributed by atoms with van der Waals surface area (Å²) in [6, 6.07) is 13.5. The van der Waals surface area contributed by atoms with Gasteiger partial charge in [-0.2, -0.15) is 0 Å². The van der Waals surface area contributed by atoms with Gasteiger partial charge in [0.15, 0.2) is 11.1 Å². The van der Waals surface area contributed by atoms with Gasteiger partial charge in [0.2, 0.25) is 0 Å². The van der Waals surface area contributed by atoms with Gasteiger partial charge in [-0.25, -0.2) is 4.21 Å². The zero-order chi connectivity index (χ0) is 17.3. The second-order valence-electron chi connectivity index (χ2n) is 4.95. The number of rotatable bonds is 4. The fourth-order valence-corrected chi connectivity index (χ4v) is 6.29. The van der Waals surface area contributed by atoms with Crippen LogP contribution in [0.4, 0.5) is 0 Å². The lowest BCUT2D eigenvalue weighted by Crippen LogP contribution is -1.93. The van der Waals surface area contributed by atoms with E-state index in [2.05, 4.69) is 15.9 Å². The first-order valence-electron chi connectivity index (χ1n) is 6.71. The molecular formula is C16H10BrClO2S4. The summed E-state index contributed by atoms with van der Waals surface area (Å²) in [6.45, 7) is 0. The van der Waals surface area contributed by atoms with Crippen molar-refractivity contribution >= 4 is 71.5 Å². The number of halogens is 2. The third-order valence-electron chi connectivity index (χ3n) is 3.33. The smallest absolute Gasteiger partial charge is 0.157 e. The summed E-state index contributed by atoms with van der Waals surface area (Å²) in [6.07, 6.45) is 0. The van der Waals surface area contributed by atoms with E-state index in [-0.39, 0.29) is 5.75 Å². The molecule has 0 spiro atoms. The first-order valence-corrected chi connectivity index (χ1v) is 11.7. The lowest BCUT2D eigenvalue weighted by Gasteiger charge is -2.08. The normalized spacial score (nSPS) is 12.3. The van der Waals surface area contributed by atoms with Crippen molar-refractivity contribution in [2.45, 2.75) is 5.75 Å². The molecule has 1 atom stereocenters. The van der Waals surface area contributed by atoms with E-state index in [0.717, 1.165) is 35.4 Å². The monoisotopic (exact) mass is 476 g/mol. The second-order valence-corrected chi connectivity index (χ2v) is 10.0. The molecule has 0 amide bonds. The SMILES string of the molecule is O=S(O)Cc1ccc(-c2ssc(=S)c2-c2ccc(Br)cc2)c(Cl)c1. The van der Waals surface area contributed by atoms with Crippen molar-refractivity contribution in [3.63, 3.8) is 0 Å². The molecule has 2 nitrogen and oxygen atoms in total. The van der Waals surface area contributed by atoms with Gasteiger partial charge in [0, 0.05) is 20.6 Å². The summed E-state index contributed by atoms with van der Waals surface area (Å²) in [7, 11) is 3.14. The van der Waals surface area contributed by atoms with Crippen molar-refractivity contribution in [1.29, 1.82) is 0 Å². The summed E-state index contributed by atoms with van der Waals surface area (Å²) in [5.74, 6) is 0.0684. The van der Waals surface area contributed by atoms with Gasteiger partial charge >= 0.3 is 0 Å². The average molecular weight is 478 g/mol. The van der Waals surface area contributed by atoms with Crippen molar-refractivity contribution in [3.05, 3.63) is 61.3 Å². The first kappa shape index (κ1) is 18.4. The van der Waals surface area contributed by atoms with Gasteiger partial charge in [-0.1, -0.05) is 84.7 Å². The van der Waals surface area contributed by atoms with Crippen LogP contribution in [0.15, 0.2) is 46.9 Å². The minimum absolute atomic E-state index is 0.0684. The first-order chi connectivity index (χ1) is 11.5. The molecule has 8 heteroatoms. The Labute approximate surface area is 167 Å². The molecule has 1 heterocycles. The minimum atomic E-state index is -1.88. The topological polar surface area (TPSA) is 37.3 Å². The zero-order valence-electron chi connectivity index (χ0n) is 12.0. The molecule has 24 heavy (non-hydrogen) atoms. The van der Waals surface area contributed by atoms with Crippen molar-refractivity contribution in [3.8, 4) is 21.6 Å². The predicted molar refractivity (Wildman–Crippen MR) is 111 cm³/mol. The van der Waals surface area contributed by atoms with Crippen LogP contribution in [-0.4, -0.2) is 8.76 Å². The molecule has 0 aliphatic heterocycles. The van der Waals surface area contributed by atoms with E-state index in [1.165, 1.54) is 0 Å². The molecule has 124 valence electrons. The third kappa shape index (κ3) is 4.04. The van der Waals surface area contributed by atoms with E-state index in [0.29, 0.717) is 5.02 Å². The highest BCUT2D eigenvalue weighted by molar-refractivity contribution is 9.10. The van der Waals surface area contributed by atoms with Crippen molar-refractivity contribution < 1.29 is 8.76 Å². The van der Waals surface area contributed by atoms with Gasteiger partial charge in [0.25, 0.3) is 0 Å². The molecule has 2 aromatic carbocycles. The zero-order valence-corrected chi connectivity index (χ0v) is 17.6. The fraction of sp³-hybridized carbons (Fsp3) is 0.0625. The van der Waals surface area contributed by atoms with Gasteiger partial charge in [0.05, 0.1) is 10.6 Å². The van der Waals surface area contributed by atoms with Crippen LogP contribution < -0.4 is 0 Å². The van der Waals surface area contributed by atoms with E-state index >= 15 is 0 Å². The number of hydrogen-bond donors (Lipinski definition) is 1. The second kappa shape index (κ2) is 7.86. The van der Waals surface area contributed by atoms with Gasteiger partial charge in [-0.15, -0.1) is 0 Å². The maximum absolute atomic E-state index is 11.0. The van der Waals surface area contributed by atoms with Crippen LogP contribution in [0.5, 0.6) is 0 Å². The predicted octanol–water partition coefficient (Wildman–Crippen LogP) is 7.01. The van der Waals surface area contributed by atoms with Gasteiger partial charge < -0.3 is 4.55 Å². The minimum Gasteiger partial charge on any atom is -0.306 e. The Morgan fingerprint density at radius 1 is 1.17 bits per heavy atom. The Kier molecular flexibility index (Phi) is 6.02. The van der Waals surface area contributed by atoms with Gasteiger partial charge in [0.1, 0.15) is 3.82 Å². The van der Waals surface area contributed by atoms with Crippen molar-refractivity contribution in [2.24, 2.45) is 0 Å². The highest BCUT2D eigenvalue weighted by Crippen LogP contribution is 2.44. The average Bonchev–Trinajstić information content (AvgIpc) is 2.89. The lowest BCUT2D eigenvalue weighted by atomic mass is 10.0. The molecule has 1 aromatic heterocycles. The van der Waals surface area contributed by atoms with Crippen LogP contribution in [-0.2, 0) is 16.8 Å². The Balaban J connectivity index is 2.10. The largest absolute Gasteiger partial charge is 0.306 e. The van der Waals surface area contributed by atoms with Crippen molar-refractivity contribution in [1.82, 2.24) is 0 Å². The molecule has 1 unspecified atom stereocenters. The van der Waals surface area contributed by atoms with Crippen molar-refractivity contribution in [2.75, 3.05) is 0 Å². The summed E-state index contributed by atoms with van der Waals surface area (Å²) in [5.41, 5.74) is 3.67. The van der Waals surface area contributed by atoms with E-state index in [9.17, 15) is 4.21 Å². The maximum atomic E-state index is 11.0. The Morgan fingerprint density at radius 2 is 1.88 bits per heavy atom. The Bertz CT molecular complexity index is 963. The van der Waals surface area contributed by atoms with Gasteiger partial charge in [-0.05, 0) is 29.3 Å². The lowest BCUT2D eigenvalue weighted by molar-refractivity contribution is 0.563. The maximum Gasteiger partial charge on any atom is 0.157 e. The fourth-order valence-electron chi connectivity index (χ4n) is 2.28. The van der Waals surface area contributed by atoms with E-state index < -0.39 is 11.1 Å². The highest BCUT2D eigenvalue weighted by Gasteiger charge is 2.16. The molecule has 3 rings (SSSR count). The molecule has 0 radical (unpaired) electrons. The third-order valence-corrected chi connectivity index (χ3v) is 7.80. The van der Waals surface area contributed by atoms with E-state index in [1.807, 2.05) is 36.4 Å². The molecule has 0 bridgehead atoms. The molecule has 0 aliphatic carbocycles. The molecular weight excluding hydrogens is 468 g/mol. The number of hydrogen-bond acceptors (Lipinski definition) is 4. The number of benzene rings is 2. The van der Waals surface area contributed by atoms with Crippen LogP contribution in [0.1, 0.15) is 5.56 Å². The molecule has 0 fully saturated rings. The molecule has 0 saturated heterocycles. The van der Waals surface area contributed by atoms with Crippen LogP contribution in [0.3, 0.4) is 0 Å². The Morgan fingerprint density at radius 3 is 2.50 bits per heavy atom. The van der Waals surface area contributed by atoms with Gasteiger partial charge in [-0.3, -0.25) is 0 Å². The molecule has 3 aromatic rings. The molecule has 0 saturated carbocycles. The summed E-state index contributed by atoms with van der Waals surface area (Å²) >= 11 is 13.5. The molecule has 1 N–H and O–H groups in total. The van der Waals surface area contributed by atoms with Crippen LogP contribution in [0.25, 0.3) is 21.6 Å². The van der Waals surface area contributed by atoms with E-state index in [4.69, 9.17) is 28.4 Å². The summed E-state index contributed by atoms with van der Waals surface area (Å²) in [4.78, 5) is 1.02. The van der Waals surface area contributed by atoms with Crippen LogP contribution in [0.2, 0.25) is 5.02 Å². The summed E-state index contributed by atoms with van der Waals surface area (Å²) in [5, 5.41) is 0.556. The Hall–Kier alpha value is -0.410.